The van der Waals surface area contributed by atoms with Gasteiger partial charge in [-0.05, 0) is 66.1 Å². The first-order chi connectivity index (χ1) is 17.7. The Hall–Kier alpha value is -3.71. The summed E-state index contributed by atoms with van der Waals surface area (Å²) < 4.78 is 33.9. The number of alkyl halides is 2. The number of phenols is 1. The van der Waals surface area contributed by atoms with Gasteiger partial charge in [-0.2, -0.15) is 0 Å². The lowest BCUT2D eigenvalue weighted by Gasteiger charge is -2.18. The monoisotopic (exact) mass is 507 g/mol. The molecule has 5 nitrogen and oxygen atoms in total. The molecule has 37 heavy (non-hydrogen) atoms. The molecule has 0 fully saturated rings. The van der Waals surface area contributed by atoms with Crippen molar-refractivity contribution < 1.29 is 23.7 Å². The minimum absolute atomic E-state index is 0.0376. The predicted octanol–water partition coefficient (Wildman–Crippen LogP) is 6.18. The van der Waals surface area contributed by atoms with Gasteiger partial charge in [-0.1, -0.05) is 55.5 Å². The minimum Gasteiger partial charge on any atom is -0.506 e. The minimum atomic E-state index is -2.96. The van der Waals surface area contributed by atoms with E-state index in [0.29, 0.717) is 34.2 Å². The van der Waals surface area contributed by atoms with Crippen LogP contribution in [0.5, 0.6) is 11.5 Å². The number of aromatic nitrogens is 1. The number of nitrogens with one attached hydrogen (secondary N) is 1. The summed E-state index contributed by atoms with van der Waals surface area (Å²) in [6.45, 7) is 1.41. The van der Waals surface area contributed by atoms with Crippen LogP contribution in [0.15, 0.2) is 83.7 Å². The highest BCUT2D eigenvalue weighted by Crippen LogP contribution is 2.32. The molecule has 0 aliphatic carbocycles. The molecule has 0 bridgehead atoms. The normalized spacial score (nSPS) is 13.4. The second-order valence-electron chi connectivity index (χ2n) is 9.64. The van der Waals surface area contributed by atoms with Crippen molar-refractivity contribution >= 4 is 10.9 Å². The predicted molar refractivity (Wildman–Crippen MR) is 140 cm³/mol. The third-order valence-corrected chi connectivity index (χ3v) is 6.46. The summed E-state index contributed by atoms with van der Waals surface area (Å²) >= 11 is 0. The topological polar surface area (TPSA) is 82.5 Å². The molecule has 1 aromatic heterocycles. The molecule has 0 radical (unpaired) electrons. The van der Waals surface area contributed by atoms with Crippen LogP contribution in [0.3, 0.4) is 0 Å². The highest BCUT2D eigenvalue weighted by Gasteiger charge is 2.30. The standard InChI is InChI=1S/C30H31F2NO4/c1-20(7-14-26(34)24-12-15-27(35)29-25(24)13-16-28(36)33-29)17-21-8-10-23(11-9-21)37-19-30(31,32)18-22-5-3-2-4-6-22/h2-6,8-13,15-16,20,26,34-35H,7,14,17-19H2,1H3,(H,33,36)/t20?,26-/m0/s1. The Morgan fingerprint density at radius 1 is 0.919 bits per heavy atom. The molecule has 7 heteroatoms. The molecule has 3 N–H and O–H groups in total. The summed E-state index contributed by atoms with van der Waals surface area (Å²) in [7, 11) is 0. The number of rotatable bonds is 11. The lowest BCUT2D eigenvalue weighted by molar-refractivity contribution is -0.0400. The van der Waals surface area contributed by atoms with E-state index in [1.807, 2.05) is 12.1 Å². The number of phenolic OH excluding ortho intramolecular Hbond substituents is 1. The maximum absolute atomic E-state index is 14.3. The number of hydrogen-bond acceptors (Lipinski definition) is 4. The number of aliphatic hydroxyl groups excluding tert-OH is 1. The van der Waals surface area contributed by atoms with E-state index >= 15 is 0 Å². The van der Waals surface area contributed by atoms with E-state index in [0.717, 1.165) is 18.4 Å². The molecule has 194 valence electrons. The van der Waals surface area contributed by atoms with Gasteiger partial charge in [0.2, 0.25) is 5.56 Å². The van der Waals surface area contributed by atoms with Crippen molar-refractivity contribution in [2.24, 2.45) is 5.92 Å². The van der Waals surface area contributed by atoms with E-state index < -0.39 is 18.6 Å². The van der Waals surface area contributed by atoms with Crippen molar-refractivity contribution in [3.05, 3.63) is 106 Å². The van der Waals surface area contributed by atoms with E-state index in [-0.39, 0.29) is 23.6 Å². The first-order valence-corrected chi connectivity index (χ1v) is 12.4. The van der Waals surface area contributed by atoms with Crippen molar-refractivity contribution in [2.45, 2.75) is 44.6 Å². The smallest absolute Gasteiger partial charge is 0.285 e. The van der Waals surface area contributed by atoms with Crippen molar-refractivity contribution in [2.75, 3.05) is 6.61 Å². The van der Waals surface area contributed by atoms with E-state index in [4.69, 9.17) is 4.74 Å². The van der Waals surface area contributed by atoms with Gasteiger partial charge >= 0.3 is 0 Å². The molecule has 4 aromatic rings. The Kier molecular flexibility index (Phi) is 8.24. The molecule has 0 spiro atoms. The van der Waals surface area contributed by atoms with Crippen molar-refractivity contribution in [3.8, 4) is 11.5 Å². The number of H-pyrrole nitrogens is 1. The van der Waals surface area contributed by atoms with Gasteiger partial charge in [0, 0.05) is 17.9 Å². The van der Waals surface area contributed by atoms with Gasteiger partial charge in [0.1, 0.15) is 11.5 Å². The van der Waals surface area contributed by atoms with Gasteiger partial charge in [-0.15, -0.1) is 0 Å². The number of benzene rings is 3. The van der Waals surface area contributed by atoms with Crippen LogP contribution in [-0.4, -0.2) is 27.7 Å². The number of ether oxygens (including phenoxy) is 1. The lowest BCUT2D eigenvalue weighted by atomic mass is 9.92. The molecular weight excluding hydrogens is 476 g/mol. The molecular formula is C30H31F2NO4. The first kappa shape index (κ1) is 26.4. The van der Waals surface area contributed by atoms with Crippen LogP contribution in [0.25, 0.3) is 10.9 Å². The van der Waals surface area contributed by atoms with Crippen LogP contribution >= 0.6 is 0 Å². The number of pyridine rings is 1. The van der Waals surface area contributed by atoms with E-state index in [1.165, 1.54) is 12.1 Å². The molecule has 3 aromatic carbocycles. The van der Waals surface area contributed by atoms with Crippen LogP contribution in [0.2, 0.25) is 0 Å². The number of aliphatic hydroxyl groups is 1. The molecule has 1 unspecified atom stereocenters. The largest absolute Gasteiger partial charge is 0.506 e. The fourth-order valence-corrected chi connectivity index (χ4v) is 4.51. The number of hydrogen-bond donors (Lipinski definition) is 3. The fourth-order valence-electron chi connectivity index (χ4n) is 4.51. The lowest BCUT2D eigenvalue weighted by Crippen LogP contribution is -2.28. The van der Waals surface area contributed by atoms with Gasteiger partial charge in [0.25, 0.3) is 5.92 Å². The Morgan fingerprint density at radius 3 is 2.38 bits per heavy atom. The summed E-state index contributed by atoms with van der Waals surface area (Å²) in [6.07, 6.45) is 0.910. The second-order valence-corrected chi connectivity index (χ2v) is 9.64. The molecule has 0 amide bonds. The zero-order chi connectivity index (χ0) is 26.4. The van der Waals surface area contributed by atoms with Crippen molar-refractivity contribution in [1.29, 1.82) is 0 Å². The second kappa shape index (κ2) is 11.6. The number of aromatic amines is 1. The highest BCUT2D eigenvalue weighted by molar-refractivity contribution is 5.87. The Bertz CT molecular complexity index is 1370. The maximum atomic E-state index is 14.3. The fraction of sp³-hybridized carbons (Fsp3) is 0.300. The Labute approximate surface area is 214 Å². The number of halogens is 2. The van der Waals surface area contributed by atoms with Gasteiger partial charge in [-0.3, -0.25) is 4.79 Å². The summed E-state index contributed by atoms with van der Waals surface area (Å²) in [5, 5.41) is 21.5. The number of fused-ring (bicyclic) bond motifs is 1. The third-order valence-electron chi connectivity index (χ3n) is 6.46. The van der Waals surface area contributed by atoms with Gasteiger partial charge in [-0.25, -0.2) is 8.78 Å². The molecule has 0 saturated carbocycles. The van der Waals surface area contributed by atoms with Gasteiger partial charge in [0.05, 0.1) is 11.6 Å². The zero-order valence-corrected chi connectivity index (χ0v) is 20.7. The third kappa shape index (κ3) is 7.17. The molecule has 0 saturated heterocycles. The molecule has 0 aliphatic heterocycles. The van der Waals surface area contributed by atoms with Crippen LogP contribution in [0, 0.1) is 5.92 Å². The zero-order valence-electron chi connectivity index (χ0n) is 20.7. The van der Waals surface area contributed by atoms with Gasteiger partial charge < -0.3 is 19.9 Å². The van der Waals surface area contributed by atoms with Crippen LogP contribution < -0.4 is 10.3 Å². The van der Waals surface area contributed by atoms with Crippen LogP contribution in [-0.2, 0) is 12.8 Å². The average Bonchev–Trinajstić information content (AvgIpc) is 2.88. The molecule has 1 heterocycles. The SMILES string of the molecule is CC(CC[C@H](O)c1ccc(O)c2[nH]c(=O)ccc12)Cc1ccc(OCC(F)(F)Cc2ccccc2)cc1. The summed E-state index contributed by atoms with van der Waals surface area (Å²) in [5.41, 5.74) is 2.27. The maximum Gasteiger partial charge on any atom is 0.285 e. The van der Waals surface area contributed by atoms with Crippen molar-refractivity contribution in [1.82, 2.24) is 4.98 Å². The van der Waals surface area contributed by atoms with Gasteiger partial charge in [0.15, 0.2) is 6.61 Å². The molecule has 0 aliphatic rings. The Morgan fingerprint density at radius 2 is 1.65 bits per heavy atom. The quantitative estimate of drug-likeness (QED) is 0.226. The van der Waals surface area contributed by atoms with Crippen molar-refractivity contribution in [3.63, 3.8) is 0 Å². The first-order valence-electron chi connectivity index (χ1n) is 12.4. The van der Waals surface area contributed by atoms with Crippen LogP contribution in [0.1, 0.15) is 42.6 Å². The van der Waals surface area contributed by atoms with E-state index in [1.54, 1.807) is 54.6 Å². The molecule has 4 rings (SSSR count). The van der Waals surface area contributed by atoms with Crippen LogP contribution in [0.4, 0.5) is 8.78 Å². The Balaban J connectivity index is 1.28. The molecule has 2 atom stereocenters. The number of aromatic hydroxyl groups is 1. The average molecular weight is 508 g/mol. The van der Waals surface area contributed by atoms with E-state index in [9.17, 15) is 23.8 Å². The summed E-state index contributed by atoms with van der Waals surface area (Å²) in [4.78, 5) is 14.2. The van der Waals surface area contributed by atoms with E-state index in [2.05, 4.69) is 11.9 Å². The summed E-state index contributed by atoms with van der Waals surface area (Å²) in [5.74, 6) is -2.34. The highest BCUT2D eigenvalue weighted by atomic mass is 19.3. The summed E-state index contributed by atoms with van der Waals surface area (Å²) in [6, 6.07) is 21.9.